The summed E-state index contributed by atoms with van der Waals surface area (Å²) in [6, 6.07) is 9.73. The van der Waals surface area contributed by atoms with Crippen molar-refractivity contribution in [1.82, 2.24) is 5.32 Å². The van der Waals surface area contributed by atoms with Crippen molar-refractivity contribution in [3.05, 3.63) is 35.4 Å². The molecule has 0 saturated heterocycles. The molecule has 1 heteroatoms. The van der Waals surface area contributed by atoms with Gasteiger partial charge in [0.1, 0.15) is 0 Å². The molecular weight excluding hydrogens is 218 g/mol. The number of benzene rings is 1. The summed E-state index contributed by atoms with van der Waals surface area (Å²) in [5, 5.41) is 3.48. The predicted octanol–water partition coefficient (Wildman–Crippen LogP) is 4.73. The van der Waals surface area contributed by atoms with Gasteiger partial charge in [-0.15, -0.1) is 0 Å². The number of hydrogen-bond donors (Lipinski definition) is 1. The Hall–Kier alpha value is -0.820. The van der Waals surface area contributed by atoms with Crippen molar-refractivity contribution in [3.8, 4) is 0 Å². The number of hydrogen-bond acceptors (Lipinski definition) is 1. The van der Waals surface area contributed by atoms with Crippen LogP contribution >= 0.6 is 0 Å². The fourth-order valence-corrected chi connectivity index (χ4v) is 2.71. The van der Waals surface area contributed by atoms with Crippen molar-refractivity contribution in [2.24, 2.45) is 5.92 Å². The maximum absolute atomic E-state index is 3.48. The second-order valence-corrected chi connectivity index (χ2v) is 5.19. The predicted molar refractivity (Wildman–Crippen MR) is 80.9 cm³/mol. The van der Waals surface area contributed by atoms with Crippen molar-refractivity contribution in [3.63, 3.8) is 0 Å². The molecule has 1 unspecified atom stereocenters. The minimum absolute atomic E-state index is 0.500. The average molecular weight is 247 g/mol. The molecule has 0 aromatic heterocycles. The summed E-state index contributed by atoms with van der Waals surface area (Å²) in [4.78, 5) is 0. The molecule has 1 nitrogen and oxygen atoms in total. The van der Waals surface area contributed by atoms with Crippen LogP contribution in [0.1, 0.15) is 63.6 Å². The van der Waals surface area contributed by atoms with Crippen LogP contribution in [0.5, 0.6) is 0 Å². The lowest BCUT2D eigenvalue weighted by molar-refractivity contribution is 0.359. The zero-order valence-corrected chi connectivity index (χ0v) is 12.5. The van der Waals surface area contributed by atoms with Crippen molar-refractivity contribution >= 4 is 0 Å². The Balaban J connectivity index is 2.74. The second-order valence-electron chi connectivity index (χ2n) is 5.19. The van der Waals surface area contributed by atoms with Gasteiger partial charge in [0.2, 0.25) is 0 Å². The maximum atomic E-state index is 3.48. The van der Waals surface area contributed by atoms with Crippen LogP contribution in [-0.2, 0) is 6.42 Å². The van der Waals surface area contributed by atoms with Crippen LogP contribution in [0.15, 0.2) is 24.3 Å². The highest BCUT2D eigenvalue weighted by Crippen LogP contribution is 2.27. The molecule has 18 heavy (non-hydrogen) atoms. The first-order chi connectivity index (χ1) is 8.76. The van der Waals surface area contributed by atoms with E-state index in [2.05, 4.69) is 57.4 Å². The van der Waals surface area contributed by atoms with Gasteiger partial charge in [-0.2, -0.15) is 0 Å². The molecule has 1 aromatic carbocycles. The summed E-state index contributed by atoms with van der Waals surface area (Å²) in [5.74, 6) is 0.733. The van der Waals surface area contributed by atoms with Gasteiger partial charge in [0.15, 0.2) is 0 Å². The molecule has 0 aliphatic rings. The summed E-state index contributed by atoms with van der Waals surface area (Å²) in [5.41, 5.74) is 2.91. The Morgan fingerprint density at radius 1 is 1.00 bits per heavy atom. The molecule has 1 N–H and O–H groups in total. The van der Waals surface area contributed by atoms with Gasteiger partial charge < -0.3 is 5.32 Å². The third-order valence-corrected chi connectivity index (χ3v) is 3.99. The van der Waals surface area contributed by atoms with E-state index in [9.17, 15) is 0 Å². The van der Waals surface area contributed by atoms with Crippen molar-refractivity contribution in [2.45, 2.75) is 58.9 Å². The molecule has 0 saturated carbocycles. The lowest BCUT2D eigenvalue weighted by atomic mass is 9.88. The smallest absolute Gasteiger partial charge is 0.0345 e. The van der Waals surface area contributed by atoms with Gasteiger partial charge in [-0.3, -0.25) is 0 Å². The average Bonchev–Trinajstić information content (AvgIpc) is 2.43. The molecule has 0 heterocycles. The van der Waals surface area contributed by atoms with E-state index in [0.717, 1.165) is 5.92 Å². The van der Waals surface area contributed by atoms with E-state index in [4.69, 9.17) is 0 Å². The summed E-state index contributed by atoms with van der Waals surface area (Å²) in [7, 11) is 2.08. The van der Waals surface area contributed by atoms with Crippen molar-refractivity contribution in [2.75, 3.05) is 7.05 Å². The quantitative estimate of drug-likeness (QED) is 0.700. The molecule has 1 rings (SSSR count). The molecule has 1 aromatic rings. The van der Waals surface area contributed by atoms with Crippen molar-refractivity contribution < 1.29 is 0 Å². The van der Waals surface area contributed by atoms with Crippen LogP contribution in [0, 0.1) is 5.92 Å². The molecule has 0 aliphatic heterocycles. The SMILES string of the molecule is CCCCc1ccc(C(NC)C(CC)CC)cc1. The van der Waals surface area contributed by atoms with Crippen molar-refractivity contribution in [1.29, 1.82) is 0 Å². The summed E-state index contributed by atoms with van der Waals surface area (Å²) < 4.78 is 0. The molecule has 0 fully saturated rings. The fourth-order valence-electron chi connectivity index (χ4n) is 2.71. The number of aryl methyl sites for hydroxylation is 1. The highest BCUT2D eigenvalue weighted by molar-refractivity contribution is 5.25. The topological polar surface area (TPSA) is 12.0 Å². The van der Waals surface area contributed by atoms with Gasteiger partial charge in [-0.05, 0) is 36.9 Å². The highest BCUT2D eigenvalue weighted by Gasteiger charge is 2.18. The van der Waals surface area contributed by atoms with E-state index in [1.807, 2.05) is 0 Å². The van der Waals surface area contributed by atoms with Gasteiger partial charge in [0.25, 0.3) is 0 Å². The first kappa shape index (κ1) is 15.2. The first-order valence-electron chi connectivity index (χ1n) is 7.52. The van der Waals surface area contributed by atoms with Crippen LogP contribution in [0.3, 0.4) is 0 Å². The number of rotatable bonds is 8. The van der Waals surface area contributed by atoms with Crippen LogP contribution in [0.25, 0.3) is 0 Å². The van der Waals surface area contributed by atoms with Gasteiger partial charge in [0, 0.05) is 6.04 Å². The Morgan fingerprint density at radius 2 is 1.61 bits per heavy atom. The minimum atomic E-state index is 0.500. The summed E-state index contributed by atoms with van der Waals surface area (Å²) in [6.45, 7) is 6.82. The molecule has 0 aliphatic carbocycles. The molecule has 0 amide bonds. The van der Waals surface area contributed by atoms with E-state index in [0.29, 0.717) is 6.04 Å². The normalized spacial score (nSPS) is 12.9. The lowest BCUT2D eigenvalue weighted by Gasteiger charge is -2.25. The van der Waals surface area contributed by atoms with Gasteiger partial charge >= 0.3 is 0 Å². The molecule has 102 valence electrons. The number of unbranched alkanes of at least 4 members (excludes halogenated alkanes) is 1. The Labute approximate surface area is 113 Å². The highest BCUT2D eigenvalue weighted by atomic mass is 14.9. The Bertz CT molecular complexity index is 311. The van der Waals surface area contributed by atoms with E-state index < -0.39 is 0 Å². The van der Waals surface area contributed by atoms with Gasteiger partial charge in [-0.1, -0.05) is 64.3 Å². The molecule has 1 atom stereocenters. The largest absolute Gasteiger partial charge is 0.313 e. The lowest BCUT2D eigenvalue weighted by Crippen LogP contribution is -2.24. The van der Waals surface area contributed by atoms with Crippen LogP contribution < -0.4 is 5.32 Å². The van der Waals surface area contributed by atoms with E-state index >= 15 is 0 Å². The standard InChI is InChI=1S/C17H29N/c1-5-8-9-14-10-12-16(13-11-14)17(18-4)15(6-2)7-3/h10-13,15,17-18H,5-9H2,1-4H3. The third kappa shape index (κ3) is 4.13. The zero-order valence-electron chi connectivity index (χ0n) is 12.5. The summed E-state index contributed by atoms with van der Waals surface area (Å²) >= 11 is 0. The molecular formula is C17H29N. The Morgan fingerprint density at radius 3 is 2.06 bits per heavy atom. The van der Waals surface area contributed by atoms with Gasteiger partial charge in [-0.25, -0.2) is 0 Å². The van der Waals surface area contributed by atoms with Crippen LogP contribution in [0.2, 0.25) is 0 Å². The van der Waals surface area contributed by atoms with E-state index in [1.54, 1.807) is 0 Å². The maximum Gasteiger partial charge on any atom is 0.0345 e. The Kier molecular flexibility index (Phi) is 7.04. The fraction of sp³-hybridized carbons (Fsp3) is 0.647. The number of nitrogens with one attached hydrogen (secondary N) is 1. The van der Waals surface area contributed by atoms with Crippen LogP contribution in [-0.4, -0.2) is 7.05 Å². The first-order valence-corrected chi connectivity index (χ1v) is 7.52. The van der Waals surface area contributed by atoms with E-state index in [-0.39, 0.29) is 0 Å². The monoisotopic (exact) mass is 247 g/mol. The van der Waals surface area contributed by atoms with Gasteiger partial charge in [0.05, 0.1) is 0 Å². The molecule has 0 bridgehead atoms. The summed E-state index contributed by atoms with van der Waals surface area (Å²) in [6.07, 6.45) is 6.25. The van der Waals surface area contributed by atoms with Crippen LogP contribution in [0.4, 0.5) is 0 Å². The molecule has 0 spiro atoms. The molecule has 0 radical (unpaired) electrons. The second kappa shape index (κ2) is 8.31. The third-order valence-electron chi connectivity index (χ3n) is 3.99. The zero-order chi connectivity index (χ0) is 13.4. The minimum Gasteiger partial charge on any atom is -0.313 e. The van der Waals surface area contributed by atoms with E-state index in [1.165, 1.54) is 43.2 Å².